The first kappa shape index (κ1) is 12.8. The number of halogens is 1. The number of carbonyl (C=O) groups is 1. The van der Waals surface area contributed by atoms with Gasteiger partial charge in [-0.15, -0.1) is 12.6 Å². The van der Waals surface area contributed by atoms with Crippen molar-refractivity contribution in [3.05, 3.63) is 29.6 Å². The van der Waals surface area contributed by atoms with E-state index < -0.39 is 5.82 Å². The molecular weight excluding hydrogens is 257 g/mol. The molecule has 2 nitrogen and oxygen atoms in total. The molecule has 1 saturated heterocycles. The Morgan fingerprint density at radius 1 is 1.53 bits per heavy atom. The van der Waals surface area contributed by atoms with Gasteiger partial charge in [0.05, 0.1) is 0 Å². The van der Waals surface area contributed by atoms with Crippen molar-refractivity contribution in [1.82, 2.24) is 5.32 Å². The molecule has 0 bridgehead atoms. The van der Waals surface area contributed by atoms with Crippen LogP contribution >= 0.6 is 24.4 Å². The lowest BCUT2D eigenvalue weighted by atomic mass is 10.1. The summed E-state index contributed by atoms with van der Waals surface area (Å²) < 4.78 is 13.0. The van der Waals surface area contributed by atoms with Gasteiger partial charge in [0.15, 0.2) is 0 Å². The lowest BCUT2D eigenvalue weighted by Gasteiger charge is -2.22. The minimum atomic E-state index is -0.405. The molecule has 0 aliphatic carbocycles. The van der Waals surface area contributed by atoms with Crippen molar-refractivity contribution in [3.8, 4) is 0 Å². The summed E-state index contributed by atoms with van der Waals surface area (Å²) in [7, 11) is 0. The van der Waals surface area contributed by atoms with E-state index in [0.717, 1.165) is 18.6 Å². The van der Waals surface area contributed by atoms with Crippen LogP contribution in [0.25, 0.3) is 0 Å². The first-order chi connectivity index (χ1) is 8.16. The lowest BCUT2D eigenvalue weighted by Crippen LogP contribution is -2.38. The highest BCUT2D eigenvalue weighted by molar-refractivity contribution is 7.99. The van der Waals surface area contributed by atoms with Gasteiger partial charge in [-0.2, -0.15) is 11.8 Å². The molecule has 1 unspecified atom stereocenters. The second kappa shape index (κ2) is 5.78. The van der Waals surface area contributed by atoms with Crippen LogP contribution in [0.5, 0.6) is 0 Å². The zero-order valence-corrected chi connectivity index (χ0v) is 11.0. The fourth-order valence-electron chi connectivity index (χ4n) is 1.78. The normalized spacial score (nSPS) is 20.0. The van der Waals surface area contributed by atoms with Crippen LogP contribution in [-0.4, -0.2) is 23.5 Å². The van der Waals surface area contributed by atoms with Crippen molar-refractivity contribution in [2.45, 2.75) is 23.8 Å². The number of carbonyl (C=O) groups excluding carboxylic acids is 1. The summed E-state index contributed by atoms with van der Waals surface area (Å²) in [5, 5.41) is 2.97. The number of benzene rings is 1. The number of amides is 1. The van der Waals surface area contributed by atoms with Crippen LogP contribution in [0.15, 0.2) is 23.1 Å². The average Bonchev–Trinajstić information content (AvgIpc) is 2.34. The van der Waals surface area contributed by atoms with E-state index in [0.29, 0.717) is 5.56 Å². The Morgan fingerprint density at radius 2 is 2.35 bits per heavy atom. The van der Waals surface area contributed by atoms with Crippen molar-refractivity contribution in [2.24, 2.45) is 0 Å². The number of rotatable bonds is 2. The standard InChI is InChI=1S/C12H14FNOS2/c13-10-4-3-8(6-11(10)16)12(15)14-9-2-1-5-17-7-9/h3-4,6,9,16H,1-2,5,7H2,(H,14,15). The monoisotopic (exact) mass is 271 g/mol. The molecule has 1 aromatic carbocycles. The van der Waals surface area contributed by atoms with Crippen LogP contribution in [0.1, 0.15) is 23.2 Å². The van der Waals surface area contributed by atoms with Crippen molar-refractivity contribution in [2.75, 3.05) is 11.5 Å². The van der Waals surface area contributed by atoms with Crippen molar-refractivity contribution >= 4 is 30.3 Å². The number of thiol groups is 1. The van der Waals surface area contributed by atoms with E-state index in [9.17, 15) is 9.18 Å². The van der Waals surface area contributed by atoms with Gasteiger partial charge in [-0.25, -0.2) is 4.39 Å². The van der Waals surface area contributed by atoms with E-state index in [1.165, 1.54) is 24.0 Å². The Balaban J connectivity index is 2.01. The maximum Gasteiger partial charge on any atom is 0.251 e. The molecule has 5 heteroatoms. The predicted molar refractivity (Wildman–Crippen MR) is 71.5 cm³/mol. The predicted octanol–water partition coefficient (Wildman–Crippen LogP) is 2.74. The Bertz CT molecular complexity index is 419. The minimum absolute atomic E-state index is 0.146. The largest absolute Gasteiger partial charge is 0.348 e. The molecule has 0 aromatic heterocycles. The summed E-state index contributed by atoms with van der Waals surface area (Å²) in [5.41, 5.74) is 0.465. The SMILES string of the molecule is O=C(NC1CCCSC1)c1ccc(F)c(S)c1. The molecular formula is C12H14FNOS2. The molecule has 1 atom stereocenters. The van der Waals surface area contributed by atoms with Gasteiger partial charge in [-0.05, 0) is 36.8 Å². The molecule has 2 rings (SSSR count). The topological polar surface area (TPSA) is 29.1 Å². The van der Waals surface area contributed by atoms with Gasteiger partial charge < -0.3 is 5.32 Å². The Kier molecular flexibility index (Phi) is 4.34. The molecule has 1 fully saturated rings. The summed E-state index contributed by atoms with van der Waals surface area (Å²) in [6, 6.07) is 4.45. The van der Waals surface area contributed by atoms with Crippen LogP contribution in [0, 0.1) is 5.82 Å². The molecule has 0 radical (unpaired) electrons. The maximum atomic E-state index is 13.0. The van der Waals surface area contributed by atoms with Gasteiger partial charge in [0, 0.05) is 22.3 Å². The Morgan fingerprint density at radius 3 is 3.00 bits per heavy atom. The number of hydrogen-bond donors (Lipinski definition) is 2. The quantitative estimate of drug-likeness (QED) is 0.810. The molecule has 0 spiro atoms. The molecule has 1 amide bonds. The van der Waals surface area contributed by atoms with Crippen molar-refractivity contribution < 1.29 is 9.18 Å². The highest BCUT2D eigenvalue weighted by atomic mass is 32.2. The molecule has 1 aliphatic heterocycles. The zero-order valence-electron chi connectivity index (χ0n) is 9.28. The van der Waals surface area contributed by atoms with Gasteiger partial charge in [-0.1, -0.05) is 0 Å². The van der Waals surface area contributed by atoms with Crippen molar-refractivity contribution in [3.63, 3.8) is 0 Å². The third kappa shape index (κ3) is 3.39. The number of nitrogens with one attached hydrogen (secondary N) is 1. The smallest absolute Gasteiger partial charge is 0.251 e. The molecule has 1 N–H and O–H groups in total. The molecule has 0 saturated carbocycles. The summed E-state index contributed by atoms with van der Waals surface area (Å²) in [6.07, 6.45) is 2.16. The van der Waals surface area contributed by atoms with Crippen LogP contribution in [0.2, 0.25) is 0 Å². The highest BCUT2D eigenvalue weighted by Gasteiger charge is 2.17. The molecule has 17 heavy (non-hydrogen) atoms. The first-order valence-corrected chi connectivity index (χ1v) is 7.14. The number of hydrogen-bond acceptors (Lipinski definition) is 3. The fourth-order valence-corrected chi connectivity index (χ4v) is 3.06. The van der Waals surface area contributed by atoms with E-state index in [1.54, 1.807) is 0 Å². The third-order valence-electron chi connectivity index (χ3n) is 2.70. The zero-order chi connectivity index (χ0) is 12.3. The molecule has 92 valence electrons. The molecule has 1 heterocycles. The maximum absolute atomic E-state index is 13.0. The van der Waals surface area contributed by atoms with Crippen LogP contribution in [0.3, 0.4) is 0 Å². The van der Waals surface area contributed by atoms with E-state index in [2.05, 4.69) is 17.9 Å². The summed E-state index contributed by atoms with van der Waals surface area (Å²) in [4.78, 5) is 12.1. The van der Waals surface area contributed by atoms with Crippen LogP contribution in [-0.2, 0) is 0 Å². The van der Waals surface area contributed by atoms with E-state index in [4.69, 9.17) is 0 Å². The van der Waals surface area contributed by atoms with E-state index in [-0.39, 0.29) is 16.8 Å². The van der Waals surface area contributed by atoms with Gasteiger partial charge >= 0.3 is 0 Å². The van der Waals surface area contributed by atoms with Gasteiger partial charge in [-0.3, -0.25) is 4.79 Å². The second-order valence-electron chi connectivity index (χ2n) is 4.05. The van der Waals surface area contributed by atoms with E-state index >= 15 is 0 Å². The Hall–Kier alpha value is -0.680. The van der Waals surface area contributed by atoms with Crippen LogP contribution in [0.4, 0.5) is 4.39 Å². The summed E-state index contributed by atoms with van der Waals surface area (Å²) >= 11 is 5.82. The highest BCUT2D eigenvalue weighted by Crippen LogP contribution is 2.18. The Labute approximate surface area is 110 Å². The van der Waals surface area contributed by atoms with Gasteiger partial charge in [0.25, 0.3) is 5.91 Å². The lowest BCUT2D eigenvalue weighted by molar-refractivity contribution is 0.0938. The summed E-state index contributed by atoms with van der Waals surface area (Å²) in [5.74, 6) is 1.58. The summed E-state index contributed by atoms with van der Waals surface area (Å²) in [6.45, 7) is 0. The molecule has 1 aromatic rings. The number of thioether (sulfide) groups is 1. The second-order valence-corrected chi connectivity index (χ2v) is 5.69. The van der Waals surface area contributed by atoms with Crippen LogP contribution < -0.4 is 5.32 Å². The van der Waals surface area contributed by atoms with E-state index in [1.807, 2.05) is 11.8 Å². The molecule has 1 aliphatic rings. The minimum Gasteiger partial charge on any atom is -0.348 e. The third-order valence-corrected chi connectivity index (χ3v) is 4.26. The van der Waals surface area contributed by atoms with Crippen molar-refractivity contribution in [1.29, 1.82) is 0 Å². The average molecular weight is 271 g/mol. The fraction of sp³-hybridized carbons (Fsp3) is 0.417. The van der Waals surface area contributed by atoms with Gasteiger partial charge in [0.2, 0.25) is 0 Å². The van der Waals surface area contributed by atoms with Gasteiger partial charge in [0.1, 0.15) is 5.82 Å². The first-order valence-electron chi connectivity index (χ1n) is 5.54.